The van der Waals surface area contributed by atoms with Crippen LogP contribution in [0.25, 0.3) is 11.1 Å². The predicted molar refractivity (Wildman–Crippen MR) is 116 cm³/mol. The van der Waals surface area contributed by atoms with Crippen molar-refractivity contribution in [1.29, 1.82) is 0 Å². The van der Waals surface area contributed by atoms with E-state index in [0.717, 1.165) is 31.4 Å². The van der Waals surface area contributed by atoms with E-state index in [0.29, 0.717) is 13.2 Å². The lowest BCUT2D eigenvalue weighted by molar-refractivity contribution is -0.137. The largest absolute Gasteiger partial charge is 0.494 e. The molecule has 0 unspecified atom stereocenters. The molecule has 0 bridgehead atoms. The lowest BCUT2D eigenvalue weighted by Crippen LogP contribution is -2.10. The van der Waals surface area contributed by atoms with Gasteiger partial charge in [0.1, 0.15) is 5.75 Å². The average Bonchev–Trinajstić information content (AvgIpc) is 2.69. The van der Waals surface area contributed by atoms with Crippen LogP contribution in [0.2, 0.25) is 0 Å². The molecule has 0 N–H and O–H groups in total. The van der Waals surface area contributed by atoms with Gasteiger partial charge in [-0.1, -0.05) is 63.7 Å². The van der Waals surface area contributed by atoms with Gasteiger partial charge in [0.15, 0.2) is 0 Å². The molecule has 28 heavy (non-hydrogen) atoms. The van der Waals surface area contributed by atoms with Crippen LogP contribution in [0.3, 0.4) is 0 Å². The van der Waals surface area contributed by atoms with Gasteiger partial charge < -0.3 is 9.47 Å². The van der Waals surface area contributed by atoms with E-state index in [9.17, 15) is 4.79 Å². The van der Waals surface area contributed by atoms with E-state index in [2.05, 4.69) is 63.7 Å². The van der Waals surface area contributed by atoms with Gasteiger partial charge in [-0.15, -0.1) is 0 Å². The number of hydrogen-bond acceptors (Lipinski definition) is 3. The zero-order valence-corrected chi connectivity index (χ0v) is 17.4. The monoisotopic (exact) mass is 380 g/mol. The maximum absolute atomic E-state index is 10.9. The Kier molecular flexibility index (Phi) is 8.31. The number of rotatable bonds is 10. The summed E-state index contributed by atoms with van der Waals surface area (Å²) in [5.41, 5.74) is 3.93. The van der Waals surface area contributed by atoms with Crippen LogP contribution in [-0.2, 0) is 14.9 Å². The molecule has 2 rings (SSSR count). The number of carbonyl (C=O) groups is 1. The van der Waals surface area contributed by atoms with Crippen molar-refractivity contribution in [3.05, 3.63) is 66.7 Å². The highest BCUT2D eigenvalue weighted by atomic mass is 16.5. The molecule has 0 amide bonds. The molecule has 0 radical (unpaired) electrons. The minimum atomic E-state index is -0.350. The second-order valence-corrected chi connectivity index (χ2v) is 7.99. The quantitative estimate of drug-likeness (QED) is 0.275. The van der Waals surface area contributed by atoms with Crippen molar-refractivity contribution in [2.45, 2.75) is 51.9 Å². The van der Waals surface area contributed by atoms with Crippen LogP contribution in [0.1, 0.15) is 52.0 Å². The van der Waals surface area contributed by atoms with E-state index in [1.165, 1.54) is 22.8 Å². The van der Waals surface area contributed by atoms with E-state index in [1.807, 2.05) is 12.1 Å². The zero-order valence-electron chi connectivity index (χ0n) is 17.4. The maximum Gasteiger partial charge on any atom is 0.330 e. The summed E-state index contributed by atoms with van der Waals surface area (Å²) in [6.07, 6.45) is 5.15. The van der Waals surface area contributed by atoms with Gasteiger partial charge in [-0.3, -0.25) is 0 Å². The molecule has 0 aliphatic carbocycles. The lowest BCUT2D eigenvalue weighted by Gasteiger charge is -2.19. The van der Waals surface area contributed by atoms with Crippen LogP contribution in [0, 0.1) is 0 Å². The summed E-state index contributed by atoms with van der Waals surface area (Å²) in [5, 5.41) is 0. The fraction of sp³-hybridized carbons (Fsp3) is 0.400. The predicted octanol–water partition coefficient (Wildman–Crippen LogP) is 6.32. The number of benzene rings is 2. The lowest BCUT2D eigenvalue weighted by atomic mass is 9.86. The first kappa shape index (κ1) is 21.7. The minimum absolute atomic E-state index is 0.173. The molecular weight excluding hydrogens is 348 g/mol. The summed E-state index contributed by atoms with van der Waals surface area (Å²) < 4.78 is 10.8. The van der Waals surface area contributed by atoms with E-state index < -0.39 is 0 Å². The van der Waals surface area contributed by atoms with Gasteiger partial charge in [0.2, 0.25) is 0 Å². The molecule has 0 fully saturated rings. The van der Waals surface area contributed by atoms with Gasteiger partial charge in [-0.05, 0) is 59.9 Å². The van der Waals surface area contributed by atoms with Crippen molar-refractivity contribution in [2.24, 2.45) is 0 Å². The fourth-order valence-corrected chi connectivity index (χ4v) is 2.89. The molecular formula is C25H32O3. The van der Waals surface area contributed by atoms with E-state index in [1.54, 1.807) is 0 Å². The molecule has 150 valence electrons. The van der Waals surface area contributed by atoms with E-state index in [-0.39, 0.29) is 11.4 Å². The third-order valence-corrected chi connectivity index (χ3v) is 4.66. The highest BCUT2D eigenvalue weighted by molar-refractivity contribution is 5.81. The average molecular weight is 381 g/mol. The third kappa shape index (κ3) is 7.22. The third-order valence-electron chi connectivity index (χ3n) is 4.66. The van der Waals surface area contributed by atoms with Crippen LogP contribution in [0.5, 0.6) is 5.75 Å². The standard InChI is InChI=1S/C25H32O3/c1-5-24(26)28-19-9-7-6-8-18-27-23-16-12-21(13-17-23)20-10-14-22(15-11-20)25(2,3)4/h5,10-17H,1,6-9,18-19H2,2-4H3. The molecule has 0 aromatic heterocycles. The number of carbonyl (C=O) groups excluding carboxylic acids is 1. The molecule has 0 saturated heterocycles. The zero-order chi connectivity index (χ0) is 20.4. The van der Waals surface area contributed by atoms with Crippen LogP contribution in [0.15, 0.2) is 61.2 Å². The second-order valence-electron chi connectivity index (χ2n) is 7.99. The molecule has 2 aromatic rings. The Hall–Kier alpha value is -2.55. The van der Waals surface area contributed by atoms with Crippen molar-refractivity contribution in [3.63, 3.8) is 0 Å². The second kappa shape index (κ2) is 10.7. The smallest absolute Gasteiger partial charge is 0.330 e. The SMILES string of the molecule is C=CC(=O)OCCCCCCOc1ccc(-c2ccc(C(C)(C)C)cc2)cc1. The summed E-state index contributed by atoms with van der Waals surface area (Å²) in [6.45, 7) is 11.2. The summed E-state index contributed by atoms with van der Waals surface area (Å²) in [7, 11) is 0. The number of hydrogen-bond donors (Lipinski definition) is 0. The van der Waals surface area contributed by atoms with Gasteiger partial charge in [0.05, 0.1) is 13.2 Å². The van der Waals surface area contributed by atoms with Crippen molar-refractivity contribution in [3.8, 4) is 16.9 Å². The van der Waals surface area contributed by atoms with Crippen LogP contribution >= 0.6 is 0 Å². The Balaban J connectivity index is 1.70. The van der Waals surface area contributed by atoms with Crippen LogP contribution < -0.4 is 4.74 Å². The van der Waals surface area contributed by atoms with Gasteiger partial charge in [-0.2, -0.15) is 0 Å². The summed E-state index contributed by atoms with van der Waals surface area (Å²) in [5.74, 6) is 0.548. The summed E-state index contributed by atoms with van der Waals surface area (Å²) in [4.78, 5) is 10.9. The van der Waals surface area contributed by atoms with Crippen molar-refractivity contribution in [2.75, 3.05) is 13.2 Å². The first-order valence-electron chi connectivity index (χ1n) is 10.0. The molecule has 0 aliphatic rings. The molecule has 0 heterocycles. The topological polar surface area (TPSA) is 35.5 Å². The molecule has 2 aromatic carbocycles. The molecule has 0 spiro atoms. The van der Waals surface area contributed by atoms with Crippen molar-refractivity contribution >= 4 is 5.97 Å². The fourth-order valence-electron chi connectivity index (χ4n) is 2.89. The Morgan fingerprint density at radius 2 is 1.39 bits per heavy atom. The first-order chi connectivity index (χ1) is 13.4. The molecule has 0 saturated carbocycles. The number of esters is 1. The van der Waals surface area contributed by atoms with Gasteiger partial charge in [0, 0.05) is 6.08 Å². The number of unbranched alkanes of at least 4 members (excludes halogenated alkanes) is 3. The van der Waals surface area contributed by atoms with E-state index >= 15 is 0 Å². The number of ether oxygens (including phenoxy) is 2. The van der Waals surface area contributed by atoms with Crippen LogP contribution in [0.4, 0.5) is 0 Å². The van der Waals surface area contributed by atoms with Crippen molar-refractivity contribution < 1.29 is 14.3 Å². The summed E-state index contributed by atoms with van der Waals surface area (Å²) in [6, 6.07) is 17.1. The molecule has 3 nitrogen and oxygen atoms in total. The van der Waals surface area contributed by atoms with Gasteiger partial charge >= 0.3 is 5.97 Å². The van der Waals surface area contributed by atoms with Crippen LogP contribution in [-0.4, -0.2) is 19.2 Å². The Morgan fingerprint density at radius 1 is 0.857 bits per heavy atom. The molecule has 3 heteroatoms. The summed E-state index contributed by atoms with van der Waals surface area (Å²) >= 11 is 0. The maximum atomic E-state index is 10.9. The Bertz CT molecular complexity index is 737. The van der Waals surface area contributed by atoms with E-state index in [4.69, 9.17) is 9.47 Å². The highest BCUT2D eigenvalue weighted by Gasteiger charge is 2.13. The normalized spacial score (nSPS) is 11.1. The van der Waals surface area contributed by atoms with Crippen molar-refractivity contribution in [1.82, 2.24) is 0 Å². The Morgan fingerprint density at radius 3 is 1.93 bits per heavy atom. The minimum Gasteiger partial charge on any atom is -0.494 e. The highest BCUT2D eigenvalue weighted by Crippen LogP contribution is 2.27. The molecule has 0 aliphatic heterocycles. The first-order valence-corrected chi connectivity index (χ1v) is 10.0. The Labute approximate surface area is 169 Å². The van der Waals surface area contributed by atoms with Gasteiger partial charge in [0.25, 0.3) is 0 Å². The van der Waals surface area contributed by atoms with Gasteiger partial charge in [-0.25, -0.2) is 4.79 Å². The molecule has 0 atom stereocenters.